The normalized spacial score (nSPS) is 27.9. The van der Waals surface area contributed by atoms with E-state index < -0.39 is 0 Å². The van der Waals surface area contributed by atoms with Crippen LogP contribution in [-0.2, 0) is 13.1 Å². The second-order valence-electron chi connectivity index (χ2n) is 6.14. The van der Waals surface area contributed by atoms with Crippen LogP contribution < -0.4 is 5.32 Å². The molecule has 2 saturated heterocycles. The first-order valence-corrected chi connectivity index (χ1v) is 7.85. The summed E-state index contributed by atoms with van der Waals surface area (Å²) in [7, 11) is 2.29. The van der Waals surface area contributed by atoms with Gasteiger partial charge in [0, 0.05) is 37.8 Å². The Morgan fingerprint density at radius 1 is 1.35 bits per heavy atom. The fourth-order valence-corrected chi connectivity index (χ4v) is 3.51. The van der Waals surface area contributed by atoms with E-state index >= 15 is 0 Å². The average Bonchev–Trinajstić information content (AvgIpc) is 2.96. The molecule has 1 aromatic rings. The van der Waals surface area contributed by atoms with Gasteiger partial charge in [-0.15, -0.1) is 0 Å². The van der Waals surface area contributed by atoms with Crippen LogP contribution >= 0.6 is 0 Å². The lowest BCUT2D eigenvalue weighted by molar-refractivity contribution is 0.199. The molecule has 0 amide bonds. The van der Waals surface area contributed by atoms with E-state index in [-0.39, 0.29) is 0 Å². The molecule has 0 saturated carbocycles. The Kier molecular flexibility index (Phi) is 4.38. The number of aromatic nitrogens is 1. The first-order valence-electron chi connectivity index (χ1n) is 7.85. The van der Waals surface area contributed by atoms with Gasteiger partial charge < -0.3 is 9.84 Å². The fraction of sp³-hybridized carbons (Fsp3) is 0.800. The van der Waals surface area contributed by atoms with Gasteiger partial charge >= 0.3 is 0 Å². The van der Waals surface area contributed by atoms with Gasteiger partial charge in [0.1, 0.15) is 0 Å². The minimum absolute atomic E-state index is 0.728. The maximum Gasteiger partial charge on any atom is 0.151 e. The summed E-state index contributed by atoms with van der Waals surface area (Å²) in [5, 5.41) is 7.41. The van der Waals surface area contributed by atoms with Crippen molar-refractivity contribution in [1.29, 1.82) is 0 Å². The van der Waals surface area contributed by atoms with Crippen LogP contribution in [0, 0.1) is 0 Å². The largest absolute Gasteiger partial charge is 0.360 e. The van der Waals surface area contributed by atoms with Crippen LogP contribution in [0.4, 0.5) is 0 Å². The molecule has 3 heterocycles. The molecule has 2 atom stereocenters. The van der Waals surface area contributed by atoms with Gasteiger partial charge in [-0.2, -0.15) is 0 Å². The minimum atomic E-state index is 0.728. The summed E-state index contributed by atoms with van der Waals surface area (Å²) < 4.78 is 5.47. The van der Waals surface area contributed by atoms with E-state index in [1.165, 1.54) is 25.8 Å². The molecule has 112 valence electrons. The molecular weight excluding hydrogens is 252 g/mol. The van der Waals surface area contributed by atoms with Gasteiger partial charge in [0.15, 0.2) is 5.76 Å². The van der Waals surface area contributed by atoms with Crippen LogP contribution in [0.2, 0.25) is 0 Å². The molecule has 0 aliphatic carbocycles. The van der Waals surface area contributed by atoms with E-state index in [0.29, 0.717) is 0 Å². The SMILES string of the molecule is CCNCc1cc(CN2CCC3CCC(C2)N3C)on1. The van der Waals surface area contributed by atoms with Crippen molar-refractivity contribution in [2.24, 2.45) is 0 Å². The lowest BCUT2D eigenvalue weighted by Crippen LogP contribution is -2.36. The molecule has 1 aromatic heterocycles. The lowest BCUT2D eigenvalue weighted by atomic mass is 10.1. The Hall–Kier alpha value is -0.910. The van der Waals surface area contributed by atoms with Crippen LogP contribution in [-0.4, -0.2) is 53.7 Å². The molecule has 5 nitrogen and oxygen atoms in total. The highest BCUT2D eigenvalue weighted by Crippen LogP contribution is 2.29. The Bertz CT molecular complexity index is 433. The van der Waals surface area contributed by atoms with Crippen LogP contribution in [0.3, 0.4) is 0 Å². The third-order valence-electron chi connectivity index (χ3n) is 4.78. The maximum atomic E-state index is 5.47. The molecule has 0 spiro atoms. The summed E-state index contributed by atoms with van der Waals surface area (Å²) in [6, 6.07) is 3.62. The van der Waals surface area contributed by atoms with E-state index in [1.807, 2.05) is 0 Å². The lowest BCUT2D eigenvalue weighted by Gasteiger charge is -2.24. The third kappa shape index (κ3) is 3.05. The number of likely N-dealkylation sites (tertiary alicyclic amines) is 1. The van der Waals surface area contributed by atoms with Crippen LogP contribution in [0.15, 0.2) is 10.6 Å². The zero-order valence-corrected chi connectivity index (χ0v) is 12.6. The second-order valence-corrected chi connectivity index (χ2v) is 6.14. The topological polar surface area (TPSA) is 44.5 Å². The third-order valence-corrected chi connectivity index (χ3v) is 4.78. The van der Waals surface area contributed by atoms with Crippen LogP contribution in [0.5, 0.6) is 0 Å². The molecule has 2 unspecified atom stereocenters. The Morgan fingerprint density at radius 2 is 2.20 bits per heavy atom. The second kappa shape index (κ2) is 6.24. The van der Waals surface area contributed by atoms with Gasteiger partial charge in [-0.3, -0.25) is 9.80 Å². The Labute approximate surface area is 121 Å². The highest BCUT2D eigenvalue weighted by atomic mass is 16.5. The zero-order valence-electron chi connectivity index (χ0n) is 12.6. The summed E-state index contributed by atoms with van der Waals surface area (Å²) >= 11 is 0. The van der Waals surface area contributed by atoms with Crippen molar-refractivity contribution < 1.29 is 4.52 Å². The maximum absolute atomic E-state index is 5.47. The molecule has 20 heavy (non-hydrogen) atoms. The first-order chi connectivity index (χ1) is 9.76. The van der Waals surface area contributed by atoms with E-state index in [9.17, 15) is 0 Å². The fourth-order valence-electron chi connectivity index (χ4n) is 3.51. The average molecular weight is 278 g/mol. The summed E-state index contributed by atoms with van der Waals surface area (Å²) in [6.45, 7) is 7.10. The van der Waals surface area contributed by atoms with Gasteiger partial charge in [-0.05, 0) is 32.9 Å². The van der Waals surface area contributed by atoms with Crippen molar-refractivity contribution in [1.82, 2.24) is 20.3 Å². The van der Waals surface area contributed by atoms with Crippen LogP contribution in [0.25, 0.3) is 0 Å². The van der Waals surface area contributed by atoms with E-state index in [1.54, 1.807) is 0 Å². The van der Waals surface area contributed by atoms with Gasteiger partial charge in [-0.25, -0.2) is 0 Å². The predicted molar refractivity (Wildman–Crippen MR) is 78.4 cm³/mol. The van der Waals surface area contributed by atoms with Crippen molar-refractivity contribution in [2.45, 2.75) is 51.4 Å². The minimum Gasteiger partial charge on any atom is -0.360 e. The van der Waals surface area contributed by atoms with E-state index in [0.717, 1.165) is 49.7 Å². The number of rotatable bonds is 5. The Balaban J connectivity index is 1.56. The Morgan fingerprint density at radius 3 is 3.05 bits per heavy atom. The smallest absolute Gasteiger partial charge is 0.151 e. The molecule has 2 aliphatic rings. The number of likely N-dealkylation sites (N-methyl/N-ethyl adjacent to an activating group) is 1. The first kappa shape index (κ1) is 14.0. The summed E-state index contributed by atoms with van der Waals surface area (Å²) in [5.41, 5.74) is 1.01. The molecule has 2 bridgehead atoms. The highest BCUT2D eigenvalue weighted by molar-refractivity contribution is 5.05. The summed E-state index contributed by atoms with van der Waals surface area (Å²) in [4.78, 5) is 5.11. The van der Waals surface area contributed by atoms with Gasteiger partial charge in [0.25, 0.3) is 0 Å². The van der Waals surface area contributed by atoms with Gasteiger partial charge in [-0.1, -0.05) is 12.1 Å². The number of nitrogens with zero attached hydrogens (tertiary/aromatic N) is 3. The molecule has 1 N–H and O–H groups in total. The quantitative estimate of drug-likeness (QED) is 0.883. The van der Waals surface area contributed by atoms with Crippen LogP contribution in [0.1, 0.15) is 37.6 Å². The molecular formula is C15H26N4O. The molecule has 5 heteroatoms. The number of hydrogen-bond donors (Lipinski definition) is 1. The van der Waals surface area contributed by atoms with Gasteiger partial charge in [0.2, 0.25) is 0 Å². The van der Waals surface area contributed by atoms with Crippen molar-refractivity contribution in [3.8, 4) is 0 Å². The number of fused-ring (bicyclic) bond motifs is 2. The monoisotopic (exact) mass is 278 g/mol. The molecule has 2 aliphatic heterocycles. The molecule has 0 aromatic carbocycles. The molecule has 2 fully saturated rings. The predicted octanol–water partition coefficient (Wildman–Crippen LogP) is 1.45. The standard InChI is InChI=1S/C15H26N4O/c1-3-16-9-12-8-15(20-17-12)11-19-7-6-13-4-5-14(10-19)18(13)2/h8,13-14,16H,3-7,9-11H2,1-2H3. The molecule has 0 radical (unpaired) electrons. The van der Waals surface area contributed by atoms with Gasteiger partial charge in [0.05, 0.1) is 12.2 Å². The van der Waals surface area contributed by atoms with Crippen molar-refractivity contribution in [3.63, 3.8) is 0 Å². The summed E-state index contributed by atoms with van der Waals surface area (Å²) in [5.74, 6) is 0.998. The van der Waals surface area contributed by atoms with Crippen molar-refractivity contribution >= 4 is 0 Å². The van der Waals surface area contributed by atoms with E-state index in [4.69, 9.17) is 4.52 Å². The molecule has 3 rings (SSSR count). The zero-order chi connectivity index (χ0) is 13.9. The number of hydrogen-bond acceptors (Lipinski definition) is 5. The van der Waals surface area contributed by atoms with E-state index in [2.05, 4.69) is 40.3 Å². The van der Waals surface area contributed by atoms with Crippen molar-refractivity contribution in [3.05, 3.63) is 17.5 Å². The number of nitrogens with one attached hydrogen (secondary N) is 1. The highest BCUT2D eigenvalue weighted by Gasteiger charge is 2.34. The summed E-state index contributed by atoms with van der Waals surface area (Å²) in [6.07, 6.45) is 4.01. The van der Waals surface area contributed by atoms with Crippen molar-refractivity contribution in [2.75, 3.05) is 26.7 Å².